The Kier molecular flexibility index (Phi) is 26.3. The first-order valence-electron chi connectivity index (χ1n) is 9.75. The quantitative estimate of drug-likeness (QED) is 0.373. The van der Waals surface area contributed by atoms with Crippen LogP contribution in [0.1, 0.15) is 90.9 Å². The number of hydrogen-bond donors (Lipinski definition) is 3. The van der Waals surface area contributed by atoms with Crippen molar-refractivity contribution in [3.63, 3.8) is 0 Å². The Balaban J connectivity index is 0. The molecule has 0 aliphatic carbocycles. The molecule has 0 radical (unpaired) electrons. The summed E-state index contributed by atoms with van der Waals surface area (Å²) in [5.41, 5.74) is 5.42. The molecule has 23 heavy (non-hydrogen) atoms. The highest BCUT2D eigenvalue weighted by atomic mass is 16.5. The molecule has 0 fully saturated rings. The lowest BCUT2D eigenvalue weighted by Gasteiger charge is -2.04. The fourth-order valence-electron chi connectivity index (χ4n) is 2.14. The predicted molar refractivity (Wildman–Crippen MR) is 99.7 cm³/mol. The van der Waals surface area contributed by atoms with E-state index in [1.165, 1.54) is 71.1 Å². The molecule has 1 unspecified atom stereocenters. The number of aliphatic hydroxyl groups excluding tert-OH is 2. The highest BCUT2D eigenvalue weighted by Crippen LogP contribution is 2.10. The average molecular weight is 334 g/mol. The van der Waals surface area contributed by atoms with Gasteiger partial charge in [-0.3, -0.25) is 0 Å². The Labute approximate surface area is 144 Å². The van der Waals surface area contributed by atoms with E-state index in [1.54, 1.807) is 0 Å². The van der Waals surface area contributed by atoms with Crippen LogP contribution in [0.2, 0.25) is 0 Å². The van der Waals surface area contributed by atoms with Gasteiger partial charge in [-0.1, -0.05) is 64.7 Å². The lowest BCUT2D eigenvalue weighted by molar-refractivity contribution is 0.110. The summed E-state index contributed by atoms with van der Waals surface area (Å²) in [5, 5.41) is 16.0. The van der Waals surface area contributed by atoms with Crippen molar-refractivity contribution >= 4 is 0 Å². The summed E-state index contributed by atoms with van der Waals surface area (Å²) in [4.78, 5) is 0. The van der Waals surface area contributed by atoms with E-state index in [4.69, 9.17) is 20.7 Å². The molecule has 0 aliphatic rings. The Bertz CT molecular complexity index is 173. The molecular weight excluding hydrogens is 290 g/mol. The van der Waals surface area contributed by atoms with E-state index in [1.807, 2.05) is 0 Å². The zero-order valence-electron chi connectivity index (χ0n) is 15.8. The Morgan fingerprint density at radius 2 is 1.17 bits per heavy atom. The smallest absolute Gasteiger partial charge is 0.0742 e. The molecule has 0 spiro atoms. The van der Waals surface area contributed by atoms with Crippen LogP contribution < -0.4 is 5.73 Å². The number of aliphatic hydroxyl groups is 2. The van der Waals surface area contributed by atoms with Gasteiger partial charge in [-0.25, -0.2) is 0 Å². The summed E-state index contributed by atoms with van der Waals surface area (Å²) in [7, 11) is 0. The van der Waals surface area contributed by atoms with Crippen LogP contribution in [0.4, 0.5) is 0 Å². The van der Waals surface area contributed by atoms with Gasteiger partial charge in [-0.15, -0.1) is 0 Å². The Hall–Kier alpha value is -0.160. The summed E-state index contributed by atoms with van der Waals surface area (Å²) in [6.07, 6.45) is 15.6. The van der Waals surface area contributed by atoms with E-state index in [9.17, 15) is 0 Å². The number of unbranched alkanes of at least 4 members (excludes halogenated alkanes) is 10. The largest absolute Gasteiger partial charge is 0.394 e. The second-order valence-electron chi connectivity index (χ2n) is 6.32. The minimum absolute atomic E-state index is 0.139. The molecule has 4 nitrogen and oxygen atoms in total. The molecule has 0 heterocycles. The first kappa shape index (κ1) is 25.1. The Morgan fingerprint density at radius 3 is 1.57 bits per heavy atom. The molecule has 0 amide bonds. The predicted octanol–water partition coefficient (Wildman–Crippen LogP) is 4.02. The molecule has 4 heteroatoms. The third kappa shape index (κ3) is 30.3. The molecule has 0 aliphatic heterocycles. The molecule has 0 aromatic carbocycles. The van der Waals surface area contributed by atoms with Gasteiger partial charge in [-0.2, -0.15) is 0 Å². The lowest BCUT2D eigenvalue weighted by atomic mass is 10.1. The first-order valence-corrected chi connectivity index (χ1v) is 9.75. The summed E-state index contributed by atoms with van der Waals surface area (Å²) in [5.74, 6) is 0. The van der Waals surface area contributed by atoms with Gasteiger partial charge in [0, 0.05) is 13.2 Å². The van der Waals surface area contributed by atoms with Crippen LogP contribution in [-0.4, -0.2) is 42.7 Å². The number of ether oxygens (including phenoxy) is 1. The van der Waals surface area contributed by atoms with Gasteiger partial charge >= 0.3 is 0 Å². The van der Waals surface area contributed by atoms with Crippen molar-refractivity contribution in [3.05, 3.63) is 0 Å². The van der Waals surface area contributed by atoms with Crippen molar-refractivity contribution in [2.45, 2.75) is 97.0 Å². The Morgan fingerprint density at radius 1 is 0.783 bits per heavy atom. The molecule has 0 aromatic rings. The fraction of sp³-hybridized carbons (Fsp3) is 1.00. The van der Waals surface area contributed by atoms with Crippen molar-refractivity contribution in [2.24, 2.45) is 5.73 Å². The minimum atomic E-state index is -0.560. The van der Waals surface area contributed by atoms with E-state index in [-0.39, 0.29) is 6.61 Å². The van der Waals surface area contributed by atoms with Gasteiger partial charge in [0.15, 0.2) is 0 Å². The highest BCUT2D eigenvalue weighted by molar-refractivity contribution is 4.47. The zero-order chi connectivity index (χ0) is 17.6. The van der Waals surface area contributed by atoms with Crippen LogP contribution in [0.5, 0.6) is 0 Å². The molecule has 142 valence electrons. The summed E-state index contributed by atoms with van der Waals surface area (Å²) in [6.45, 7) is 6.30. The maximum absolute atomic E-state index is 8.11. The van der Waals surface area contributed by atoms with Gasteiger partial charge in [-0.05, 0) is 32.7 Å². The van der Waals surface area contributed by atoms with Gasteiger partial charge < -0.3 is 20.7 Å². The molecule has 0 rings (SSSR count). The normalized spacial score (nSPS) is 11.9. The molecule has 0 aromatic heterocycles. The van der Waals surface area contributed by atoms with E-state index in [2.05, 4.69) is 6.92 Å². The van der Waals surface area contributed by atoms with Crippen LogP contribution >= 0.6 is 0 Å². The second kappa shape index (κ2) is 24.1. The maximum Gasteiger partial charge on any atom is 0.0742 e. The molecule has 4 N–H and O–H groups in total. The second-order valence-corrected chi connectivity index (χ2v) is 6.32. The van der Waals surface area contributed by atoms with Crippen LogP contribution in [0, 0.1) is 0 Å². The van der Waals surface area contributed by atoms with E-state index in [0.29, 0.717) is 0 Å². The van der Waals surface area contributed by atoms with Crippen molar-refractivity contribution < 1.29 is 14.9 Å². The standard InChI is InChI=1S/C16H35NO.C3H8O2/c1-2-3-4-5-6-7-8-9-10-12-15-18-16-13-11-14-17;1-3(5)2-4/h2-17H2,1H3;3-5H,2H2,1H3. The highest BCUT2D eigenvalue weighted by Gasteiger charge is 1.93. The van der Waals surface area contributed by atoms with Crippen molar-refractivity contribution in [3.8, 4) is 0 Å². The average Bonchev–Trinajstić information content (AvgIpc) is 2.55. The monoisotopic (exact) mass is 333 g/mol. The van der Waals surface area contributed by atoms with Crippen LogP contribution in [-0.2, 0) is 4.74 Å². The van der Waals surface area contributed by atoms with Crippen LogP contribution in [0.15, 0.2) is 0 Å². The van der Waals surface area contributed by atoms with Gasteiger partial charge in [0.1, 0.15) is 0 Å². The fourth-order valence-corrected chi connectivity index (χ4v) is 2.14. The number of hydrogen-bond acceptors (Lipinski definition) is 4. The third-order valence-electron chi connectivity index (χ3n) is 3.65. The number of rotatable bonds is 16. The lowest BCUT2D eigenvalue weighted by Crippen LogP contribution is -2.03. The molecular formula is C19H43NO3. The van der Waals surface area contributed by atoms with E-state index in [0.717, 1.165) is 32.6 Å². The topological polar surface area (TPSA) is 75.7 Å². The number of nitrogens with two attached hydrogens (primary N) is 1. The van der Waals surface area contributed by atoms with Crippen LogP contribution in [0.3, 0.4) is 0 Å². The molecule has 0 saturated heterocycles. The van der Waals surface area contributed by atoms with Gasteiger partial charge in [0.25, 0.3) is 0 Å². The molecule has 0 saturated carbocycles. The van der Waals surface area contributed by atoms with Crippen molar-refractivity contribution in [1.82, 2.24) is 0 Å². The summed E-state index contributed by atoms with van der Waals surface area (Å²) in [6, 6.07) is 0. The van der Waals surface area contributed by atoms with E-state index < -0.39 is 6.10 Å². The van der Waals surface area contributed by atoms with Gasteiger partial charge in [0.05, 0.1) is 12.7 Å². The summed E-state index contributed by atoms with van der Waals surface area (Å²) < 4.78 is 5.55. The molecule has 1 atom stereocenters. The maximum atomic E-state index is 8.11. The molecule has 0 bridgehead atoms. The van der Waals surface area contributed by atoms with Crippen molar-refractivity contribution in [1.29, 1.82) is 0 Å². The third-order valence-corrected chi connectivity index (χ3v) is 3.65. The van der Waals surface area contributed by atoms with E-state index >= 15 is 0 Å². The van der Waals surface area contributed by atoms with Crippen molar-refractivity contribution in [2.75, 3.05) is 26.4 Å². The SMILES string of the molecule is CC(O)CO.CCCCCCCCCCCCOCCCCN. The van der Waals surface area contributed by atoms with Crippen LogP contribution in [0.25, 0.3) is 0 Å². The van der Waals surface area contributed by atoms with Gasteiger partial charge in [0.2, 0.25) is 0 Å². The first-order chi connectivity index (χ1) is 11.2. The zero-order valence-corrected chi connectivity index (χ0v) is 15.8. The summed E-state index contributed by atoms with van der Waals surface area (Å²) >= 11 is 0. The minimum Gasteiger partial charge on any atom is -0.394 e.